The highest BCUT2D eigenvalue weighted by Crippen LogP contribution is 2.38. The third-order valence-electron chi connectivity index (χ3n) is 3.07. The van der Waals surface area contributed by atoms with Crippen molar-refractivity contribution in [1.82, 2.24) is 0 Å². The van der Waals surface area contributed by atoms with Gasteiger partial charge in [0.1, 0.15) is 5.75 Å². The third kappa shape index (κ3) is 2.67. The summed E-state index contributed by atoms with van der Waals surface area (Å²) in [6.45, 7) is 5.02. The van der Waals surface area contributed by atoms with Crippen molar-refractivity contribution in [3.05, 3.63) is 29.8 Å². The van der Waals surface area contributed by atoms with Crippen LogP contribution in [0.3, 0.4) is 0 Å². The molecule has 3 heteroatoms. The Morgan fingerprint density at radius 1 is 1.41 bits per heavy atom. The van der Waals surface area contributed by atoms with Crippen LogP contribution in [-0.4, -0.2) is 17.8 Å². The van der Waals surface area contributed by atoms with Gasteiger partial charge in [-0.3, -0.25) is 0 Å². The Morgan fingerprint density at radius 2 is 2.18 bits per heavy atom. The molecule has 2 atom stereocenters. The van der Waals surface area contributed by atoms with Gasteiger partial charge in [-0.1, -0.05) is 31.5 Å². The molecule has 1 heterocycles. The van der Waals surface area contributed by atoms with E-state index in [1.165, 1.54) is 0 Å². The second-order valence-electron chi connectivity index (χ2n) is 4.37. The van der Waals surface area contributed by atoms with Gasteiger partial charge in [-0.15, -0.1) is 0 Å². The number of para-hydroxylation sites is 1. The Bertz CT molecular complexity index is 403. The molecule has 0 radical (unpaired) electrons. The summed E-state index contributed by atoms with van der Waals surface area (Å²) in [5.74, 6) is 0.978. The predicted octanol–water partition coefficient (Wildman–Crippen LogP) is 3.70. The number of rotatable bonds is 5. The normalized spacial score (nSPS) is 19.9. The SMILES string of the molecule is CCCCO[C@H](C)[C@@H]1C(=S)Oc2ccccc21. The minimum atomic E-state index is 0.0812. The quantitative estimate of drug-likeness (QED) is 0.586. The first-order chi connectivity index (χ1) is 8.24. The van der Waals surface area contributed by atoms with Crippen LogP contribution in [0.4, 0.5) is 0 Å². The van der Waals surface area contributed by atoms with Gasteiger partial charge >= 0.3 is 0 Å². The minimum absolute atomic E-state index is 0.0812. The number of hydrogen-bond acceptors (Lipinski definition) is 3. The molecule has 0 N–H and O–H groups in total. The van der Waals surface area contributed by atoms with Crippen LogP contribution in [-0.2, 0) is 4.74 Å². The highest BCUT2D eigenvalue weighted by atomic mass is 32.1. The molecule has 0 aliphatic carbocycles. The average molecular weight is 250 g/mol. The summed E-state index contributed by atoms with van der Waals surface area (Å²) < 4.78 is 11.4. The van der Waals surface area contributed by atoms with E-state index in [1.54, 1.807) is 0 Å². The van der Waals surface area contributed by atoms with Crippen molar-refractivity contribution in [3.63, 3.8) is 0 Å². The lowest BCUT2D eigenvalue weighted by molar-refractivity contribution is 0.0584. The van der Waals surface area contributed by atoms with Gasteiger partial charge < -0.3 is 9.47 Å². The first kappa shape index (κ1) is 12.5. The second-order valence-corrected chi connectivity index (χ2v) is 4.77. The second kappa shape index (κ2) is 5.61. The van der Waals surface area contributed by atoms with Crippen molar-refractivity contribution in [3.8, 4) is 5.75 Å². The monoisotopic (exact) mass is 250 g/mol. The maximum absolute atomic E-state index is 5.83. The molecule has 92 valence electrons. The molecular formula is C14H18O2S. The summed E-state index contributed by atoms with van der Waals surface area (Å²) in [5.41, 5.74) is 1.15. The molecule has 1 aliphatic heterocycles. The molecule has 0 fully saturated rings. The van der Waals surface area contributed by atoms with Crippen LogP contribution in [0, 0.1) is 0 Å². The van der Waals surface area contributed by atoms with Gasteiger partial charge in [-0.05, 0) is 31.6 Å². The zero-order valence-electron chi connectivity index (χ0n) is 10.3. The van der Waals surface area contributed by atoms with E-state index in [9.17, 15) is 0 Å². The first-order valence-electron chi connectivity index (χ1n) is 6.16. The van der Waals surface area contributed by atoms with Gasteiger partial charge in [0, 0.05) is 12.2 Å². The summed E-state index contributed by atoms with van der Waals surface area (Å²) in [6.07, 6.45) is 2.32. The molecule has 0 unspecified atom stereocenters. The molecule has 0 bridgehead atoms. The van der Waals surface area contributed by atoms with Crippen LogP contribution in [0.1, 0.15) is 38.2 Å². The Kier molecular flexibility index (Phi) is 4.13. The van der Waals surface area contributed by atoms with E-state index in [1.807, 2.05) is 18.2 Å². The largest absolute Gasteiger partial charge is 0.449 e. The average Bonchev–Trinajstić information content (AvgIpc) is 2.65. The highest BCUT2D eigenvalue weighted by molar-refractivity contribution is 7.80. The van der Waals surface area contributed by atoms with Gasteiger partial charge in [0.2, 0.25) is 0 Å². The lowest BCUT2D eigenvalue weighted by atomic mass is 9.96. The minimum Gasteiger partial charge on any atom is -0.449 e. The van der Waals surface area contributed by atoms with E-state index in [2.05, 4.69) is 19.9 Å². The summed E-state index contributed by atoms with van der Waals surface area (Å²) in [4.78, 5) is 0. The molecule has 0 amide bonds. The Hall–Kier alpha value is -0.930. The van der Waals surface area contributed by atoms with Crippen molar-refractivity contribution in [2.45, 2.75) is 38.7 Å². The Balaban J connectivity index is 2.07. The van der Waals surface area contributed by atoms with Crippen LogP contribution in [0.2, 0.25) is 0 Å². The molecule has 17 heavy (non-hydrogen) atoms. The topological polar surface area (TPSA) is 18.5 Å². The molecule has 1 aromatic carbocycles. The number of benzene rings is 1. The van der Waals surface area contributed by atoms with E-state index in [0.29, 0.717) is 5.05 Å². The number of fused-ring (bicyclic) bond motifs is 1. The Labute approximate surface area is 108 Å². The van der Waals surface area contributed by atoms with Gasteiger partial charge in [0.25, 0.3) is 0 Å². The number of thiocarbonyl (C=S) groups is 1. The number of hydrogen-bond donors (Lipinski definition) is 0. The summed E-state index contributed by atoms with van der Waals surface area (Å²) in [7, 11) is 0. The smallest absolute Gasteiger partial charge is 0.177 e. The fourth-order valence-corrected chi connectivity index (χ4v) is 2.49. The fraction of sp³-hybridized carbons (Fsp3) is 0.500. The fourth-order valence-electron chi connectivity index (χ4n) is 2.08. The van der Waals surface area contributed by atoms with Crippen molar-refractivity contribution >= 4 is 17.3 Å². The van der Waals surface area contributed by atoms with Crippen LogP contribution in [0.25, 0.3) is 0 Å². The van der Waals surface area contributed by atoms with Crippen molar-refractivity contribution in [1.29, 1.82) is 0 Å². The first-order valence-corrected chi connectivity index (χ1v) is 6.57. The van der Waals surface area contributed by atoms with E-state index in [0.717, 1.165) is 30.8 Å². The zero-order chi connectivity index (χ0) is 12.3. The molecule has 0 saturated heterocycles. The van der Waals surface area contributed by atoms with Gasteiger partial charge in [-0.25, -0.2) is 0 Å². The van der Waals surface area contributed by atoms with Gasteiger partial charge in [-0.2, -0.15) is 0 Å². The zero-order valence-corrected chi connectivity index (χ0v) is 11.1. The van der Waals surface area contributed by atoms with Crippen molar-refractivity contribution in [2.75, 3.05) is 6.61 Å². The molecule has 0 aromatic heterocycles. The molecule has 2 rings (SSSR count). The molecular weight excluding hydrogens is 232 g/mol. The maximum atomic E-state index is 5.83. The lowest BCUT2D eigenvalue weighted by Crippen LogP contribution is -2.24. The maximum Gasteiger partial charge on any atom is 0.177 e. The molecule has 1 aromatic rings. The van der Waals surface area contributed by atoms with Crippen molar-refractivity contribution in [2.24, 2.45) is 0 Å². The third-order valence-corrected chi connectivity index (χ3v) is 3.40. The lowest BCUT2D eigenvalue weighted by Gasteiger charge is -2.18. The molecule has 2 nitrogen and oxygen atoms in total. The molecule has 0 saturated carbocycles. The number of unbranched alkanes of at least 4 members (excludes halogenated alkanes) is 1. The van der Waals surface area contributed by atoms with Crippen LogP contribution in [0.15, 0.2) is 24.3 Å². The van der Waals surface area contributed by atoms with E-state index >= 15 is 0 Å². The standard InChI is InChI=1S/C14H18O2S/c1-3-4-9-15-10(2)13-11-7-5-6-8-12(11)16-14(13)17/h5-8,10,13H,3-4,9H2,1-2H3/t10-,13+/m1/s1. The molecule has 0 spiro atoms. The van der Waals surface area contributed by atoms with Crippen LogP contribution < -0.4 is 4.74 Å². The van der Waals surface area contributed by atoms with Crippen LogP contribution in [0.5, 0.6) is 5.75 Å². The van der Waals surface area contributed by atoms with Crippen LogP contribution >= 0.6 is 12.2 Å². The van der Waals surface area contributed by atoms with Crippen molar-refractivity contribution < 1.29 is 9.47 Å². The number of ether oxygens (including phenoxy) is 2. The summed E-state index contributed by atoms with van der Waals surface area (Å²) in [6, 6.07) is 8.01. The Morgan fingerprint density at radius 3 is 2.94 bits per heavy atom. The van der Waals surface area contributed by atoms with E-state index in [-0.39, 0.29) is 12.0 Å². The highest BCUT2D eigenvalue weighted by Gasteiger charge is 2.34. The van der Waals surface area contributed by atoms with E-state index in [4.69, 9.17) is 21.7 Å². The summed E-state index contributed by atoms with van der Waals surface area (Å²) in [5, 5.41) is 0.634. The van der Waals surface area contributed by atoms with Gasteiger partial charge in [0.15, 0.2) is 5.05 Å². The van der Waals surface area contributed by atoms with Gasteiger partial charge in [0.05, 0.1) is 12.0 Å². The van der Waals surface area contributed by atoms with E-state index < -0.39 is 0 Å². The predicted molar refractivity (Wildman–Crippen MR) is 72.7 cm³/mol. The summed E-state index contributed by atoms with van der Waals surface area (Å²) >= 11 is 5.30. The molecule has 1 aliphatic rings.